The fourth-order valence-electron chi connectivity index (χ4n) is 6.69. The third-order valence-electron chi connectivity index (χ3n) is 9.27. The molecule has 0 spiro atoms. The van der Waals surface area contributed by atoms with Crippen LogP contribution in [-0.4, -0.2) is 77.1 Å². The molecule has 2 aliphatic heterocycles. The van der Waals surface area contributed by atoms with Gasteiger partial charge in [-0.3, -0.25) is 19.8 Å². The van der Waals surface area contributed by atoms with Crippen LogP contribution in [0.5, 0.6) is 0 Å². The van der Waals surface area contributed by atoms with Crippen molar-refractivity contribution < 1.29 is 33.4 Å². The van der Waals surface area contributed by atoms with Gasteiger partial charge in [0.2, 0.25) is 11.8 Å². The van der Waals surface area contributed by atoms with Crippen molar-refractivity contribution >= 4 is 29.9 Å². The summed E-state index contributed by atoms with van der Waals surface area (Å²) < 4.78 is 11.0. The predicted octanol–water partition coefficient (Wildman–Crippen LogP) is 3.41. The van der Waals surface area contributed by atoms with E-state index in [2.05, 4.69) is 29.9 Å². The minimum Gasteiger partial charge on any atom is -0.445 e. The quantitative estimate of drug-likeness (QED) is 0.354. The summed E-state index contributed by atoms with van der Waals surface area (Å²) in [6, 6.07) is 16.6. The molecular weight excluding hydrogens is 602 g/mol. The highest BCUT2D eigenvalue weighted by molar-refractivity contribution is 5.93. The Morgan fingerprint density at radius 1 is 1.02 bits per heavy atom. The van der Waals surface area contributed by atoms with E-state index in [4.69, 9.17) is 9.47 Å². The number of nitrogens with zero attached hydrogens (tertiary/aromatic N) is 2. The normalized spacial score (nSPS) is 23.2. The molecule has 1 aliphatic carbocycles. The maximum atomic E-state index is 14.3. The maximum Gasteiger partial charge on any atom is 0.429 e. The molecule has 5 atom stereocenters. The molecule has 2 heterocycles. The Morgan fingerprint density at radius 2 is 1.66 bits per heavy atom. The first kappa shape index (κ1) is 33.7. The molecule has 12 nitrogen and oxygen atoms in total. The SMILES string of the molecule is CC(C)(C)OC(=O)N(C[C@@H]1CCNC1=O)NC(=O)[C@@H]1[C@@H]2[C@H](CN1C(=O)[C@H](Cc1ccccc1)NC(=O)OCc1ccccc1)C2(C)C. The number of hydrogen-bond acceptors (Lipinski definition) is 7. The molecule has 1 saturated carbocycles. The summed E-state index contributed by atoms with van der Waals surface area (Å²) in [6.45, 7) is 10.0. The Bertz CT molecular complexity index is 1480. The van der Waals surface area contributed by atoms with E-state index in [1.165, 1.54) is 4.90 Å². The number of benzene rings is 2. The number of amides is 5. The highest BCUT2D eigenvalue weighted by atomic mass is 16.6. The van der Waals surface area contributed by atoms with E-state index in [9.17, 15) is 24.0 Å². The minimum absolute atomic E-state index is 0.0333. The molecule has 5 amide bonds. The third kappa shape index (κ3) is 8.04. The van der Waals surface area contributed by atoms with Gasteiger partial charge in [0.15, 0.2) is 0 Å². The first-order valence-corrected chi connectivity index (χ1v) is 16.1. The molecule has 0 radical (unpaired) electrons. The second kappa shape index (κ2) is 13.6. The number of alkyl carbamates (subject to hydrolysis) is 1. The van der Waals surface area contributed by atoms with Crippen LogP contribution < -0.4 is 16.1 Å². The summed E-state index contributed by atoms with van der Waals surface area (Å²) in [4.78, 5) is 68.5. The Labute approximate surface area is 275 Å². The average Bonchev–Trinajstić information content (AvgIpc) is 3.35. The Morgan fingerprint density at radius 3 is 2.26 bits per heavy atom. The lowest BCUT2D eigenvalue weighted by Gasteiger charge is -2.35. The molecule has 0 aromatic heterocycles. The minimum atomic E-state index is -1.01. The number of nitrogens with one attached hydrogen (secondary N) is 3. The molecule has 252 valence electrons. The molecule has 5 rings (SSSR count). The molecular formula is C35H45N5O7. The van der Waals surface area contributed by atoms with Crippen molar-refractivity contribution in [3.05, 3.63) is 71.8 Å². The summed E-state index contributed by atoms with van der Waals surface area (Å²) in [5.74, 6) is -1.80. The summed E-state index contributed by atoms with van der Waals surface area (Å²) in [6.07, 6.45) is -0.852. The number of ether oxygens (including phenoxy) is 2. The van der Waals surface area contributed by atoms with Crippen molar-refractivity contribution in [3.8, 4) is 0 Å². The number of rotatable bonds is 9. The van der Waals surface area contributed by atoms with Crippen molar-refractivity contribution in [1.82, 2.24) is 26.0 Å². The van der Waals surface area contributed by atoms with Gasteiger partial charge < -0.3 is 25.0 Å². The van der Waals surface area contributed by atoms with E-state index in [0.717, 1.165) is 16.1 Å². The fourth-order valence-corrected chi connectivity index (χ4v) is 6.69. The van der Waals surface area contributed by atoms with Crippen LogP contribution in [0.3, 0.4) is 0 Å². The third-order valence-corrected chi connectivity index (χ3v) is 9.27. The van der Waals surface area contributed by atoms with Crippen LogP contribution in [0.25, 0.3) is 0 Å². The molecule has 12 heteroatoms. The van der Waals surface area contributed by atoms with E-state index < -0.39 is 47.6 Å². The first-order valence-electron chi connectivity index (χ1n) is 16.1. The number of hydrazine groups is 1. The zero-order valence-corrected chi connectivity index (χ0v) is 27.7. The van der Waals surface area contributed by atoms with Crippen molar-refractivity contribution in [1.29, 1.82) is 0 Å². The van der Waals surface area contributed by atoms with Gasteiger partial charge in [0.05, 0.1) is 12.5 Å². The number of carbonyl (C=O) groups is 5. The smallest absolute Gasteiger partial charge is 0.429 e. The number of likely N-dealkylation sites (tertiary alicyclic amines) is 1. The molecule has 3 aliphatic rings. The van der Waals surface area contributed by atoms with Crippen LogP contribution >= 0.6 is 0 Å². The average molecular weight is 648 g/mol. The molecule has 3 fully saturated rings. The molecule has 2 saturated heterocycles. The summed E-state index contributed by atoms with van der Waals surface area (Å²) in [5, 5.41) is 6.55. The van der Waals surface area contributed by atoms with Crippen molar-refractivity contribution in [2.24, 2.45) is 23.2 Å². The topological polar surface area (TPSA) is 146 Å². The van der Waals surface area contributed by atoms with Gasteiger partial charge in [-0.2, -0.15) is 0 Å². The van der Waals surface area contributed by atoms with Crippen molar-refractivity contribution in [3.63, 3.8) is 0 Å². The number of fused-ring (bicyclic) bond motifs is 1. The monoisotopic (exact) mass is 647 g/mol. The van der Waals surface area contributed by atoms with Crippen LogP contribution in [0.4, 0.5) is 9.59 Å². The molecule has 2 aromatic rings. The van der Waals surface area contributed by atoms with Gasteiger partial charge in [0.25, 0.3) is 5.91 Å². The van der Waals surface area contributed by atoms with Gasteiger partial charge in [-0.15, -0.1) is 0 Å². The molecule has 0 unspecified atom stereocenters. The van der Waals surface area contributed by atoms with Crippen LogP contribution in [0.1, 0.15) is 52.2 Å². The van der Waals surface area contributed by atoms with Gasteiger partial charge in [-0.1, -0.05) is 74.5 Å². The Hall–Kier alpha value is -4.61. The first-order chi connectivity index (χ1) is 22.2. The summed E-state index contributed by atoms with van der Waals surface area (Å²) in [5.41, 5.74) is 3.28. The zero-order valence-electron chi connectivity index (χ0n) is 27.7. The van der Waals surface area contributed by atoms with Crippen LogP contribution in [0.2, 0.25) is 0 Å². The molecule has 47 heavy (non-hydrogen) atoms. The largest absolute Gasteiger partial charge is 0.445 e. The van der Waals surface area contributed by atoms with Gasteiger partial charge >= 0.3 is 12.2 Å². The van der Waals surface area contributed by atoms with E-state index in [-0.39, 0.29) is 42.7 Å². The van der Waals surface area contributed by atoms with E-state index in [1.807, 2.05) is 60.7 Å². The van der Waals surface area contributed by atoms with E-state index in [1.54, 1.807) is 20.8 Å². The number of hydrogen-bond donors (Lipinski definition) is 3. The Balaban J connectivity index is 1.36. The maximum absolute atomic E-state index is 14.3. The lowest BCUT2D eigenvalue weighted by atomic mass is 9.98. The molecule has 3 N–H and O–H groups in total. The summed E-state index contributed by atoms with van der Waals surface area (Å²) >= 11 is 0. The predicted molar refractivity (Wildman–Crippen MR) is 172 cm³/mol. The lowest BCUT2D eigenvalue weighted by molar-refractivity contribution is -0.144. The summed E-state index contributed by atoms with van der Waals surface area (Å²) in [7, 11) is 0. The lowest BCUT2D eigenvalue weighted by Crippen LogP contribution is -2.60. The van der Waals surface area contributed by atoms with Crippen LogP contribution in [0.15, 0.2) is 60.7 Å². The fraction of sp³-hybridized carbons (Fsp3) is 0.514. The molecule has 0 bridgehead atoms. The second-order valence-electron chi connectivity index (χ2n) is 14.2. The van der Waals surface area contributed by atoms with Gasteiger partial charge in [0, 0.05) is 19.5 Å². The second-order valence-corrected chi connectivity index (χ2v) is 14.2. The van der Waals surface area contributed by atoms with Crippen molar-refractivity contribution in [2.45, 2.75) is 71.8 Å². The highest BCUT2D eigenvalue weighted by Gasteiger charge is 2.69. The number of piperidine rings is 1. The highest BCUT2D eigenvalue weighted by Crippen LogP contribution is 2.65. The zero-order chi connectivity index (χ0) is 33.9. The van der Waals surface area contributed by atoms with Crippen LogP contribution in [-0.2, 0) is 36.9 Å². The van der Waals surface area contributed by atoms with Gasteiger partial charge in [0.1, 0.15) is 24.3 Å². The number of carbonyl (C=O) groups excluding carboxylic acids is 5. The van der Waals surface area contributed by atoms with Crippen LogP contribution in [0, 0.1) is 23.2 Å². The Kier molecular flexibility index (Phi) is 9.78. The molecule has 2 aromatic carbocycles. The van der Waals surface area contributed by atoms with Gasteiger partial charge in [-0.05, 0) is 55.6 Å². The van der Waals surface area contributed by atoms with Gasteiger partial charge in [-0.25, -0.2) is 14.6 Å². The standard InChI is InChI=1S/C35H45N5O7/c1-34(2,3)47-33(45)40(19-24-16-17-36-29(24)41)38-30(42)28-27-25(35(27,4)5)20-39(28)31(43)26(18-22-12-8-6-9-13-22)37-32(44)46-21-23-14-10-7-11-15-23/h6-15,24-28H,16-21H2,1-5H3,(H,36,41)(H,37,44)(H,38,42)/t24-,25-,26-,27-,28-/m0/s1. The van der Waals surface area contributed by atoms with E-state index in [0.29, 0.717) is 19.5 Å². The van der Waals surface area contributed by atoms with E-state index >= 15 is 0 Å². The van der Waals surface area contributed by atoms with Crippen molar-refractivity contribution in [2.75, 3.05) is 19.6 Å².